The van der Waals surface area contributed by atoms with Gasteiger partial charge in [-0.2, -0.15) is 0 Å². The Morgan fingerprint density at radius 2 is 1.50 bits per heavy atom. The van der Waals surface area contributed by atoms with Gasteiger partial charge in [0.2, 0.25) is 0 Å². The molecule has 0 fully saturated rings. The molecule has 0 heterocycles. The van der Waals surface area contributed by atoms with Crippen LogP contribution in [0, 0.1) is 5.92 Å². The van der Waals surface area contributed by atoms with Crippen molar-refractivity contribution in [3.8, 4) is 11.5 Å². The molecule has 110 valence electrons. The SMILES string of the molecule is CCCOc1cc2c(cc1OCCC)C(C)C(C)C2=O. The Kier molecular flexibility index (Phi) is 4.69. The van der Waals surface area contributed by atoms with Gasteiger partial charge < -0.3 is 9.47 Å². The molecule has 1 aliphatic rings. The maximum atomic E-state index is 12.3. The van der Waals surface area contributed by atoms with E-state index in [1.165, 1.54) is 0 Å². The highest BCUT2D eigenvalue weighted by Gasteiger charge is 2.35. The number of rotatable bonds is 6. The quantitative estimate of drug-likeness (QED) is 0.781. The molecule has 1 aromatic rings. The largest absolute Gasteiger partial charge is 0.490 e. The van der Waals surface area contributed by atoms with E-state index in [0.29, 0.717) is 19.0 Å². The van der Waals surface area contributed by atoms with Gasteiger partial charge >= 0.3 is 0 Å². The van der Waals surface area contributed by atoms with Gasteiger partial charge in [-0.15, -0.1) is 0 Å². The Hall–Kier alpha value is -1.51. The van der Waals surface area contributed by atoms with Crippen LogP contribution < -0.4 is 9.47 Å². The molecule has 3 nitrogen and oxygen atoms in total. The van der Waals surface area contributed by atoms with Crippen LogP contribution in [0.3, 0.4) is 0 Å². The number of Topliss-reactive ketones (excluding diaryl/α,β-unsaturated/α-hetero) is 1. The molecular weight excluding hydrogens is 252 g/mol. The number of benzene rings is 1. The molecule has 0 radical (unpaired) electrons. The molecule has 0 aromatic heterocycles. The smallest absolute Gasteiger partial charge is 0.166 e. The fourth-order valence-corrected chi connectivity index (χ4v) is 2.56. The molecule has 0 aliphatic heterocycles. The van der Waals surface area contributed by atoms with Gasteiger partial charge in [0.25, 0.3) is 0 Å². The van der Waals surface area contributed by atoms with Crippen molar-refractivity contribution in [3.63, 3.8) is 0 Å². The monoisotopic (exact) mass is 276 g/mol. The van der Waals surface area contributed by atoms with E-state index in [2.05, 4.69) is 20.8 Å². The zero-order valence-corrected chi connectivity index (χ0v) is 12.9. The summed E-state index contributed by atoms with van der Waals surface area (Å²) >= 11 is 0. The number of fused-ring (bicyclic) bond motifs is 1. The van der Waals surface area contributed by atoms with Gasteiger partial charge in [0.05, 0.1) is 13.2 Å². The first-order valence-electron chi connectivity index (χ1n) is 7.57. The molecule has 0 saturated heterocycles. The molecule has 2 atom stereocenters. The second-order valence-electron chi connectivity index (χ2n) is 5.52. The first-order chi connectivity index (χ1) is 9.60. The maximum Gasteiger partial charge on any atom is 0.166 e. The van der Waals surface area contributed by atoms with E-state index in [1.807, 2.05) is 19.1 Å². The van der Waals surface area contributed by atoms with Gasteiger partial charge in [-0.1, -0.05) is 27.7 Å². The van der Waals surface area contributed by atoms with Crippen molar-refractivity contribution in [1.29, 1.82) is 0 Å². The Morgan fingerprint density at radius 1 is 0.950 bits per heavy atom. The van der Waals surface area contributed by atoms with Crippen LogP contribution in [0.1, 0.15) is 62.4 Å². The highest BCUT2D eigenvalue weighted by molar-refractivity contribution is 6.03. The van der Waals surface area contributed by atoms with Crippen molar-refractivity contribution in [2.45, 2.75) is 46.5 Å². The minimum Gasteiger partial charge on any atom is -0.490 e. The average molecular weight is 276 g/mol. The van der Waals surface area contributed by atoms with Crippen LogP contribution in [0.25, 0.3) is 0 Å². The van der Waals surface area contributed by atoms with Crippen LogP contribution in [0.15, 0.2) is 12.1 Å². The van der Waals surface area contributed by atoms with Crippen LogP contribution in [-0.2, 0) is 0 Å². The molecule has 0 spiro atoms. The lowest BCUT2D eigenvalue weighted by molar-refractivity contribution is 0.0936. The van der Waals surface area contributed by atoms with Crippen molar-refractivity contribution in [3.05, 3.63) is 23.3 Å². The number of ketones is 1. The Labute approximate surface area is 121 Å². The molecule has 1 aliphatic carbocycles. The Morgan fingerprint density at radius 3 is 2.05 bits per heavy atom. The number of carbonyl (C=O) groups is 1. The summed E-state index contributed by atoms with van der Waals surface area (Å²) in [6.45, 7) is 9.54. The predicted molar refractivity (Wildman–Crippen MR) is 79.9 cm³/mol. The van der Waals surface area contributed by atoms with Crippen molar-refractivity contribution in [2.24, 2.45) is 5.92 Å². The van der Waals surface area contributed by atoms with Crippen LogP contribution in [-0.4, -0.2) is 19.0 Å². The molecule has 20 heavy (non-hydrogen) atoms. The maximum absolute atomic E-state index is 12.3. The van der Waals surface area contributed by atoms with Gasteiger partial charge in [-0.3, -0.25) is 4.79 Å². The van der Waals surface area contributed by atoms with E-state index in [1.54, 1.807) is 0 Å². The second-order valence-corrected chi connectivity index (χ2v) is 5.52. The van der Waals surface area contributed by atoms with Crippen molar-refractivity contribution < 1.29 is 14.3 Å². The third-order valence-electron chi connectivity index (χ3n) is 3.96. The van der Waals surface area contributed by atoms with Crippen molar-refractivity contribution >= 4 is 5.78 Å². The average Bonchev–Trinajstić information content (AvgIpc) is 2.67. The minimum atomic E-state index is 0.0467. The van der Waals surface area contributed by atoms with Crippen molar-refractivity contribution in [1.82, 2.24) is 0 Å². The highest BCUT2D eigenvalue weighted by atomic mass is 16.5. The van der Waals surface area contributed by atoms with Gasteiger partial charge in [0.15, 0.2) is 17.3 Å². The second kappa shape index (κ2) is 6.29. The molecule has 0 N–H and O–H groups in total. The minimum absolute atomic E-state index is 0.0467. The van der Waals surface area contributed by atoms with Crippen molar-refractivity contribution in [2.75, 3.05) is 13.2 Å². The van der Waals surface area contributed by atoms with Crippen LogP contribution in [0.5, 0.6) is 11.5 Å². The Bertz CT molecular complexity index is 493. The summed E-state index contributed by atoms with van der Waals surface area (Å²) in [5, 5.41) is 0. The molecule has 1 aromatic carbocycles. The molecule has 2 rings (SSSR count). The number of hydrogen-bond donors (Lipinski definition) is 0. The third kappa shape index (κ3) is 2.67. The topological polar surface area (TPSA) is 35.5 Å². The van der Waals surface area contributed by atoms with E-state index in [-0.39, 0.29) is 17.6 Å². The van der Waals surface area contributed by atoms with Crippen LogP contribution >= 0.6 is 0 Å². The summed E-state index contributed by atoms with van der Waals surface area (Å²) < 4.78 is 11.5. The van der Waals surface area contributed by atoms with E-state index in [9.17, 15) is 4.79 Å². The zero-order chi connectivity index (χ0) is 14.7. The summed E-state index contributed by atoms with van der Waals surface area (Å²) in [7, 11) is 0. The normalized spacial score (nSPS) is 20.9. The lowest BCUT2D eigenvalue weighted by Crippen LogP contribution is -2.06. The molecule has 0 bridgehead atoms. The number of carbonyl (C=O) groups excluding carboxylic acids is 1. The molecule has 0 saturated carbocycles. The molecule has 2 unspecified atom stereocenters. The molecular formula is C17H24O3. The zero-order valence-electron chi connectivity index (χ0n) is 12.9. The summed E-state index contributed by atoms with van der Waals surface area (Å²) in [5.41, 5.74) is 1.90. The summed E-state index contributed by atoms with van der Waals surface area (Å²) in [6.07, 6.45) is 1.89. The highest BCUT2D eigenvalue weighted by Crippen LogP contribution is 2.43. The van der Waals surface area contributed by atoms with E-state index in [0.717, 1.165) is 29.7 Å². The van der Waals surface area contributed by atoms with Crippen LogP contribution in [0.4, 0.5) is 0 Å². The standard InChI is InChI=1S/C17H24O3/c1-5-7-19-15-9-13-11(3)12(4)17(18)14(13)10-16(15)20-8-6-2/h9-12H,5-8H2,1-4H3. The molecule has 0 amide bonds. The third-order valence-corrected chi connectivity index (χ3v) is 3.96. The fourth-order valence-electron chi connectivity index (χ4n) is 2.56. The number of hydrogen-bond acceptors (Lipinski definition) is 3. The van der Waals surface area contributed by atoms with E-state index < -0.39 is 0 Å². The predicted octanol–water partition coefficient (Wildman–Crippen LogP) is 4.20. The Balaban J connectivity index is 2.38. The van der Waals surface area contributed by atoms with Crippen LogP contribution in [0.2, 0.25) is 0 Å². The number of ether oxygens (including phenoxy) is 2. The summed E-state index contributed by atoms with van der Waals surface area (Å²) in [6, 6.07) is 3.88. The fraction of sp³-hybridized carbons (Fsp3) is 0.588. The van der Waals surface area contributed by atoms with Gasteiger partial charge in [0, 0.05) is 11.5 Å². The van der Waals surface area contributed by atoms with Gasteiger partial charge in [0.1, 0.15) is 0 Å². The van der Waals surface area contributed by atoms with Gasteiger partial charge in [-0.25, -0.2) is 0 Å². The summed E-state index contributed by atoms with van der Waals surface area (Å²) in [4.78, 5) is 12.3. The lowest BCUT2D eigenvalue weighted by atomic mass is 9.96. The summed E-state index contributed by atoms with van der Waals surface area (Å²) in [5.74, 6) is 1.99. The van der Waals surface area contributed by atoms with Gasteiger partial charge in [-0.05, 0) is 36.5 Å². The molecule has 3 heteroatoms. The first-order valence-corrected chi connectivity index (χ1v) is 7.57. The lowest BCUT2D eigenvalue weighted by Gasteiger charge is -2.15. The van der Waals surface area contributed by atoms with E-state index >= 15 is 0 Å². The van der Waals surface area contributed by atoms with E-state index in [4.69, 9.17) is 9.47 Å². The first kappa shape index (κ1) is 14.9.